The molecule has 0 spiro atoms. The maximum atomic E-state index is 12.7. The minimum atomic E-state index is -0.453. The van der Waals surface area contributed by atoms with Crippen molar-refractivity contribution in [3.05, 3.63) is 64.2 Å². The average Bonchev–Trinajstić information content (AvgIpc) is 2.56. The first-order valence-corrected chi connectivity index (χ1v) is 7.61. The molecule has 1 amide bonds. The molecule has 0 saturated heterocycles. The van der Waals surface area contributed by atoms with E-state index in [-0.39, 0.29) is 17.5 Å². The number of amides is 1. The van der Waals surface area contributed by atoms with Crippen molar-refractivity contribution in [1.82, 2.24) is 0 Å². The normalized spacial score (nSPS) is 11.8. The van der Waals surface area contributed by atoms with Crippen LogP contribution < -0.4 is 10.1 Å². The topological polar surface area (TPSA) is 81.5 Å². The fraction of sp³-hybridized carbons (Fsp3) is 0.278. The fourth-order valence-electron chi connectivity index (χ4n) is 2.54. The van der Waals surface area contributed by atoms with Crippen LogP contribution in [0.25, 0.3) is 0 Å². The van der Waals surface area contributed by atoms with Gasteiger partial charge in [-0.2, -0.15) is 0 Å². The maximum Gasteiger partial charge on any atom is 0.269 e. The number of non-ortho nitro benzene ring substituents is 1. The summed E-state index contributed by atoms with van der Waals surface area (Å²) in [5.74, 6) is 0.213. The van der Waals surface area contributed by atoms with Crippen LogP contribution in [0, 0.1) is 16.0 Å². The Morgan fingerprint density at radius 1 is 1.08 bits per heavy atom. The van der Waals surface area contributed by atoms with Crippen molar-refractivity contribution >= 4 is 17.3 Å². The molecule has 126 valence electrons. The lowest BCUT2D eigenvalue weighted by Crippen LogP contribution is -2.25. The summed E-state index contributed by atoms with van der Waals surface area (Å²) in [6.07, 6.45) is 0. The molecule has 2 rings (SSSR count). The van der Waals surface area contributed by atoms with Gasteiger partial charge in [-0.1, -0.05) is 26.0 Å². The standard InChI is InChI=1S/C18H20N2O4/c1-12(2)17(13-4-8-15(9-5-13)20(22)23)18(21)19-14-6-10-16(24-3)11-7-14/h4-12,17H,1-3H3,(H,19,21). The second-order valence-electron chi connectivity index (χ2n) is 5.79. The average molecular weight is 328 g/mol. The third kappa shape index (κ3) is 4.10. The Labute approximate surface area is 140 Å². The van der Waals surface area contributed by atoms with Crippen molar-refractivity contribution in [2.75, 3.05) is 12.4 Å². The molecule has 2 aromatic rings. The zero-order chi connectivity index (χ0) is 17.7. The Hall–Kier alpha value is -2.89. The molecule has 0 radical (unpaired) electrons. The number of nitro groups is 1. The zero-order valence-corrected chi connectivity index (χ0v) is 13.9. The summed E-state index contributed by atoms with van der Waals surface area (Å²) in [4.78, 5) is 23.0. The largest absolute Gasteiger partial charge is 0.497 e. The lowest BCUT2D eigenvalue weighted by atomic mass is 9.87. The molecular formula is C18H20N2O4. The number of anilines is 1. The van der Waals surface area contributed by atoms with Gasteiger partial charge in [0.05, 0.1) is 18.0 Å². The SMILES string of the molecule is COc1ccc(NC(=O)C(c2ccc([N+](=O)[O-])cc2)C(C)C)cc1. The first-order chi connectivity index (χ1) is 11.4. The first-order valence-electron chi connectivity index (χ1n) is 7.61. The quantitative estimate of drug-likeness (QED) is 0.642. The summed E-state index contributed by atoms with van der Waals surface area (Å²) in [6.45, 7) is 3.89. The molecule has 1 unspecified atom stereocenters. The molecule has 24 heavy (non-hydrogen) atoms. The molecule has 0 fully saturated rings. The molecule has 0 aliphatic carbocycles. The highest BCUT2D eigenvalue weighted by Crippen LogP contribution is 2.28. The molecule has 6 nitrogen and oxygen atoms in total. The Morgan fingerprint density at radius 3 is 2.12 bits per heavy atom. The molecule has 1 atom stereocenters. The lowest BCUT2D eigenvalue weighted by molar-refractivity contribution is -0.384. The van der Waals surface area contributed by atoms with Crippen molar-refractivity contribution in [3.8, 4) is 5.75 Å². The van der Waals surface area contributed by atoms with E-state index in [1.807, 2.05) is 13.8 Å². The van der Waals surface area contributed by atoms with Crippen LogP contribution in [0.1, 0.15) is 25.3 Å². The number of nitrogens with one attached hydrogen (secondary N) is 1. The number of hydrogen-bond acceptors (Lipinski definition) is 4. The van der Waals surface area contributed by atoms with Gasteiger partial charge in [0.25, 0.3) is 5.69 Å². The van der Waals surface area contributed by atoms with Crippen LogP contribution in [0.15, 0.2) is 48.5 Å². The van der Waals surface area contributed by atoms with Crippen molar-refractivity contribution in [1.29, 1.82) is 0 Å². The van der Waals surface area contributed by atoms with Gasteiger partial charge in [-0.25, -0.2) is 0 Å². The van der Waals surface area contributed by atoms with Gasteiger partial charge in [-0.3, -0.25) is 14.9 Å². The molecule has 0 aliphatic heterocycles. The Balaban J connectivity index is 2.19. The smallest absolute Gasteiger partial charge is 0.269 e. The molecule has 0 bridgehead atoms. The number of nitro benzene ring substituents is 1. The van der Waals surface area contributed by atoms with E-state index >= 15 is 0 Å². The predicted octanol–water partition coefficient (Wildman–Crippen LogP) is 3.98. The van der Waals surface area contributed by atoms with Crippen LogP contribution in [0.2, 0.25) is 0 Å². The van der Waals surface area contributed by atoms with Crippen molar-refractivity contribution in [2.24, 2.45) is 5.92 Å². The van der Waals surface area contributed by atoms with E-state index < -0.39 is 10.8 Å². The fourth-order valence-corrected chi connectivity index (χ4v) is 2.54. The summed E-state index contributed by atoms with van der Waals surface area (Å²) in [6, 6.07) is 13.2. The molecule has 0 saturated carbocycles. The third-order valence-electron chi connectivity index (χ3n) is 3.77. The maximum absolute atomic E-state index is 12.7. The summed E-state index contributed by atoms with van der Waals surface area (Å²) in [7, 11) is 1.58. The number of methoxy groups -OCH3 is 1. The highest BCUT2D eigenvalue weighted by Gasteiger charge is 2.25. The van der Waals surface area contributed by atoms with Crippen LogP contribution in [0.3, 0.4) is 0 Å². The van der Waals surface area contributed by atoms with Crippen LogP contribution in [0.4, 0.5) is 11.4 Å². The van der Waals surface area contributed by atoms with Gasteiger partial charge in [0.2, 0.25) is 5.91 Å². The molecule has 6 heteroatoms. The number of hydrogen-bond donors (Lipinski definition) is 1. The van der Waals surface area contributed by atoms with Gasteiger partial charge >= 0.3 is 0 Å². The summed E-state index contributed by atoms with van der Waals surface area (Å²) >= 11 is 0. The van der Waals surface area contributed by atoms with E-state index in [1.54, 1.807) is 43.5 Å². The van der Waals surface area contributed by atoms with Crippen LogP contribution in [-0.4, -0.2) is 17.9 Å². The Morgan fingerprint density at radius 2 is 1.67 bits per heavy atom. The van der Waals surface area contributed by atoms with Gasteiger partial charge in [-0.05, 0) is 35.7 Å². The second-order valence-corrected chi connectivity index (χ2v) is 5.79. The van der Waals surface area contributed by atoms with Gasteiger partial charge in [0.1, 0.15) is 5.75 Å². The van der Waals surface area contributed by atoms with E-state index in [1.165, 1.54) is 12.1 Å². The van der Waals surface area contributed by atoms with Gasteiger partial charge < -0.3 is 10.1 Å². The number of benzene rings is 2. The number of rotatable bonds is 6. The summed E-state index contributed by atoms with van der Waals surface area (Å²) in [5.41, 5.74) is 1.44. The van der Waals surface area contributed by atoms with Gasteiger partial charge in [-0.15, -0.1) is 0 Å². The van der Waals surface area contributed by atoms with Crippen LogP contribution >= 0.6 is 0 Å². The van der Waals surface area contributed by atoms with Crippen LogP contribution in [-0.2, 0) is 4.79 Å². The zero-order valence-electron chi connectivity index (χ0n) is 13.9. The van der Waals surface area contributed by atoms with E-state index in [4.69, 9.17) is 4.74 Å². The van der Waals surface area contributed by atoms with Crippen LogP contribution in [0.5, 0.6) is 5.75 Å². The lowest BCUT2D eigenvalue weighted by Gasteiger charge is -2.20. The summed E-state index contributed by atoms with van der Waals surface area (Å²) in [5, 5.41) is 13.6. The molecule has 0 aromatic heterocycles. The summed E-state index contributed by atoms with van der Waals surface area (Å²) < 4.78 is 5.09. The van der Waals surface area contributed by atoms with Gasteiger partial charge in [0, 0.05) is 17.8 Å². The molecule has 0 heterocycles. The Kier molecular flexibility index (Phi) is 5.52. The van der Waals surface area contributed by atoms with E-state index in [0.717, 1.165) is 5.56 Å². The minimum Gasteiger partial charge on any atom is -0.497 e. The molecular weight excluding hydrogens is 308 g/mol. The number of carbonyl (C=O) groups excluding carboxylic acids is 1. The highest BCUT2D eigenvalue weighted by atomic mass is 16.6. The molecule has 2 aromatic carbocycles. The minimum absolute atomic E-state index is 0.0109. The molecule has 1 N–H and O–H groups in total. The second kappa shape index (κ2) is 7.59. The van der Waals surface area contributed by atoms with Gasteiger partial charge in [0.15, 0.2) is 0 Å². The van der Waals surface area contributed by atoms with E-state index in [2.05, 4.69) is 5.32 Å². The van der Waals surface area contributed by atoms with Crippen molar-refractivity contribution < 1.29 is 14.5 Å². The first kappa shape index (κ1) is 17.5. The Bertz CT molecular complexity index is 709. The van der Waals surface area contributed by atoms with Crippen molar-refractivity contribution in [2.45, 2.75) is 19.8 Å². The van der Waals surface area contributed by atoms with E-state index in [0.29, 0.717) is 11.4 Å². The number of carbonyl (C=O) groups is 1. The monoisotopic (exact) mass is 328 g/mol. The third-order valence-corrected chi connectivity index (χ3v) is 3.77. The number of nitrogens with zero attached hydrogens (tertiary/aromatic N) is 1. The highest BCUT2D eigenvalue weighted by molar-refractivity contribution is 5.96. The number of ether oxygens (including phenoxy) is 1. The van der Waals surface area contributed by atoms with Crippen molar-refractivity contribution in [3.63, 3.8) is 0 Å². The molecule has 0 aliphatic rings. The predicted molar refractivity (Wildman–Crippen MR) is 92.3 cm³/mol. The van der Waals surface area contributed by atoms with E-state index in [9.17, 15) is 14.9 Å².